The average Bonchev–Trinajstić information content (AvgIpc) is 3.14. The molecule has 25 heavy (non-hydrogen) atoms. The van der Waals surface area contributed by atoms with Gasteiger partial charge in [0.1, 0.15) is 12.3 Å². The third kappa shape index (κ3) is 4.35. The smallest absolute Gasteiger partial charge is 0.406 e. The molecule has 0 bridgehead atoms. The molecule has 3 rings (SSSR count). The van der Waals surface area contributed by atoms with Crippen LogP contribution in [0.15, 0.2) is 22.8 Å². The van der Waals surface area contributed by atoms with Gasteiger partial charge in [0.2, 0.25) is 11.8 Å². The summed E-state index contributed by atoms with van der Waals surface area (Å²) in [6.45, 7) is 0.766. The lowest BCUT2D eigenvalue weighted by Crippen LogP contribution is -2.48. The predicted octanol–water partition coefficient (Wildman–Crippen LogP) is 2.82. The molecule has 1 aliphatic heterocycles. The van der Waals surface area contributed by atoms with Crippen molar-refractivity contribution >= 4 is 11.8 Å². The standard InChI is InChI=1S/C17H21F3N2O3/c1-11(12-4-5-12)22(10-17(18,19)20)16(24)13-7-15(23)21(8-13)9-14-3-2-6-25-14/h2-3,6,11-13H,4-5,7-10H2,1H3/t11-,13+/m1/s1. The Morgan fingerprint density at radius 1 is 1.44 bits per heavy atom. The van der Waals surface area contributed by atoms with Gasteiger partial charge >= 0.3 is 6.18 Å². The van der Waals surface area contributed by atoms with Gasteiger partial charge in [0, 0.05) is 19.0 Å². The molecule has 0 spiro atoms. The summed E-state index contributed by atoms with van der Waals surface area (Å²) >= 11 is 0. The summed E-state index contributed by atoms with van der Waals surface area (Å²) in [7, 11) is 0. The average molecular weight is 358 g/mol. The number of carbonyl (C=O) groups is 2. The van der Waals surface area contributed by atoms with Gasteiger partial charge in [-0.25, -0.2) is 0 Å². The van der Waals surface area contributed by atoms with Crippen molar-refractivity contribution in [2.75, 3.05) is 13.1 Å². The first-order chi connectivity index (χ1) is 11.7. The van der Waals surface area contributed by atoms with Crippen LogP contribution in [0.3, 0.4) is 0 Å². The van der Waals surface area contributed by atoms with Crippen molar-refractivity contribution in [1.82, 2.24) is 9.80 Å². The highest BCUT2D eigenvalue weighted by molar-refractivity contribution is 5.89. The summed E-state index contributed by atoms with van der Waals surface area (Å²) in [4.78, 5) is 27.2. The lowest BCUT2D eigenvalue weighted by atomic mass is 10.0. The van der Waals surface area contributed by atoms with E-state index in [9.17, 15) is 22.8 Å². The van der Waals surface area contributed by atoms with E-state index >= 15 is 0 Å². The highest BCUT2D eigenvalue weighted by atomic mass is 19.4. The number of nitrogens with zero attached hydrogens (tertiary/aromatic N) is 2. The maximum absolute atomic E-state index is 12.9. The van der Waals surface area contributed by atoms with E-state index in [1.165, 1.54) is 11.2 Å². The Morgan fingerprint density at radius 3 is 2.72 bits per heavy atom. The second-order valence-corrected chi connectivity index (χ2v) is 6.91. The lowest BCUT2D eigenvalue weighted by molar-refractivity contribution is -0.168. The van der Waals surface area contributed by atoms with Gasteiger partial charge < -0.3 is 14.2 Å². The van der Waals surface area contributed by atoms with Crippen LogP contribution in [-0.4, -0.2) is 46.9 Å². The number of carbonyl (C=O) groups excluding carboxylic acids is 2. The van der Waals surface area contributed by atoms with E-state index in [1.807, 2.05) is 0 Å². The Bertz CT molecular complexity index is 626. The van der Waals surface area contributed by atoms with Crippen LogP contribution >= 0.6 is 0 Å². The molecule has 2 atom stereocenters. The Labute approximate surface area is 143 Å². The molecule has 5 nitrogen and oxygen atoms in total. The van der Waals surface area contributed by atoms with Crippen molar-refractivity contribution in [2.24, 2.45) is 11.8 Å². The first-order valence-corrected chi connectivity index (χ1v) is 8.42. The Kier molecular flexibility index (Phi) is 4.79. The number of rotatable bonds is 6. The summed E-state index contributed by atoms with van der Waals surface area (Å²) in [5, 5.41) is 0. The fraction of sp³-hybridized carbons (Fsp3) is 0.647. The summed E-state index contributed by atoms with van der Waals surface area (Å²) < 4.78 is 43.9. The third-order valence-corrected chi connectivity index (χ3v) is 4.92. The van der Waals surface area contributed by atoms with E-state index in [0.717, 1.165) is 17.7 Å². The van der Waals surface area contributed by atoms with Crippen molar-refractivity contribution in [3.05, 3.63) is 24.2 Å². The minimum atomic E-state index is -4.45. The predicted molar refractivity (Wildman–Crippen MR) is 82.2 cm³/mol. The molecular weight excluding hydrogens is 337 g/mol. The minimum Gasteiger partial charge on any atom is -0.467 e. The zero-order chi connectivity index (χ0) is 18.2. The molecule has 0 N–H and O–H groups in total. The summed E-state index contributed by atoms with van der Waals surface area (Å²) in [6.07, 6.45) is -1.32. The van der Waals surface area contributed by atoms with Gasteiger partial charge in [-0.2, -0.15) is 13.2 Å². The van der Waals surface area contributed by atoms with Crippen LogP contribution in [0, 0.1) is 11.8 Å². The number of alkyl halides is 3. The minimum absolute atomic E-state index is 0.0503. The Morgan fingerprint density at radius 2 is 2.16 bits per heavy atom. The van der Waals surface area contributed by atoms with Crippen LogP contribution < -0.4 is 0 Å². The van der Waals surface area contributed by atoms with Crippen LogP contribution in [0.25, 0.3) is 0 Å². The molecule has 0 unspecified atom stereocenters. The fourth-order valence-corrected chi connectivity index (χ4v) is 3.36. The maximum Gasteiger partial charge on any atom is 0.406 e. The van der Waals surface area contributed by atoms with Crippen molar-refractivity contribution in [3.63, 3.8) is 0 Å². The number of likely N-dealkylation sites (tertiary alicyclic amines) is 1. The summed E-state index contributed by atoms with van der Waals surface area (Å²) in [5.74, 6) is -0.832. The highest BCUT2D eigenvalue weighted by Gasteiger charge is 2.44. The first-order valence-electron chi connectivity index (χ1n) is 8.42. The second kappa shape index (κ2) is 6.72. The van der Waals surface area contributed by atoms with Gasteiger partial charge in [0.05, 0.1) is 18.7 Å². The van der Waals surface area contributed by atoms with Crippen molar-refractivity contribution in [3.8, 4) is 0 Å². The molecular formula is C17H21F3N2O3. The zero-order valence-electron chi connectivity index (χ0n) is 14.0. The lowest BCUT2D eigenvalue weighted by Gasteiger charge is -2.32. The normalized spacial score (nSPS) is 22.3. The number of hydrogen-bond donors (Lipinski definition) is 0. The molecule has 2 heterocycles. The maximum atomic E-state index is 12.9. The molecule has 1 saturated heterocycles. The molecule has 0 radical (unpaired) electrons. The molecule has 2 fully saturated rings. The molecule has 1 aliphatic carbocycles. The summed E-state index contributed by atoms with van der Waals surface area (Å²) in [6, 6.07) is 2.96. The second-order valence-electron chi connectivity index (χ2n) is 6.91. The van der Waals surface area contributed by atoms with Gasteiger partial charge in [0.15, 0.2) is 0 Å². The highest BCUT2D eigenvalue weighted by Crippen LogP contribution is 2.37. The molecule has 1 aromatic rings. The molecule has 8 heteroatoms. The molecule has 2 amide bonds. The molecule has 2 aliphatic rings. The van der Waals surface area contributed by atoms with Gasteiger partial charge in [-0.3, -0.25) is 9.59 Å². The molecule has 1 aromatic heterocycles. The number of amides is 2. The largest absolute Gasteiger partial charge is 0.467 e. The quantitative estimate of drug-likeness (QED) is 0.786. The van der Waals surface area contributed by atoms with Crippen LogP contribution in [0.2, 0.25) is 0 Å². The van der Waals surface area contributed by atoms with E-state index in [0.29, 0.717) is 5.76 Å². The Balaban J connectivity index is 1.68. The third-order valence-electron chi connectivity index (χ3n) is 4.92. The van der Waals surface area contributed by atoms with Gasteiger partial charge in [-0.05, 0) is 37.8 Å². The van der Waals surface area contributed by atoms with Gasteiger partial charge in [0.25, 0.3) is 0 Å². The summed E-state index contributed by atoms with van der Waals surface area (Å²) in [5.41, 5.74) is 0. The van der Waals surface area contributed by atoms with E-state index in [4.69, 9.17) is 4.42 Å². The van der Waals surface area contributed by atoms with Crippen molar-refractivity contribution in [2.45, 2.75) is 44.9 Å². The van der Waals surface area contributed by atoms with Gasteiger partial charge in [-0.1, -0.05) is 0 Å². The van der Waals surface area contributed by atoms with E-state index in [2.05, 4.69) is 0 Å². The van der Waals surface area contributed by atoms with Crippen LogP contribution in [0.1, 0.15) is 31.9 Å². The fourth-order valence-electron chi connectivity index (χ4n) is 3.36. The first kappa shape index (κ1) is 17.8. The Hall–Kier alpha value is -1.99. The number of hydrogen-bond acceptors (Lipinski definition) is 3. The van der Waals surface area contributed by atoms with Crippen LogP contribution in [0.4, 0.5) is 13.2 Å². The van der Waals surface area contributed by atoms with Crippen LogP contribution in [-0.2, 0) is 16.1 Å². The van der Waals surface area contributed by atoms with E-state index in [-0.39, 0.29) is 31.3 Å². The molecule has 1 saturated carbocycles. The van der Waals surface area contributed by atoms with Gasteiger partial charge in [-0.15, -0.1) is 0 Å². The SMILES string of the molecule is C[C@H](C1CC1)N(CC(F)(F)F)C(=O)[C@H]1CC(=O)N(Cc2ccco2)C1. The van der Waals surface area contributed by atoms with E-state index in [1.54, 1.807) is 19.1 Å². The van der Waals surface area contributed by atoms with Crippen molar-refractivity contribution < 1.29 is 27.2 Å². The van der Waals surface area contributed by atoms with Crippen LogP contribution in [0.5, 0.6) is 0 Å². The number of furan rings is 1. The molecule has 0 aromatic carbocycles. The topological polar surface area (TPSA) is 53.8 Å². The number of halogens is 3. The van der Waals surface area contributed by atoms with E-state index < -0.39 is 30.6 Å². The zero-order valence-corrected chi connectivity index (χ0v) is 14.0. The molecule has 138 valence electrons. The monoisotopic (exact) mass is 358 g/mol. The van der Waals surface area contributed by atoms with Crippen molar-refractivity contribution in [1.29, 1.82) is 0 Å².